The minimum absolute atomic E-state index is 0.100. The summed E-state index contributed by atoms with van der Waals surface area (Å²) in [7, 11) is 0. The van der Waals surface area contributed by atoms with Crippen LogP contribution in [0.25, 0.3) is 5.57 Å². The second-order valence-corrected chi connectivity index (χ2v) is 9.67. The van der Waals surface area contributed by atoms with Crippen molar-refractivity contribution in [1.29, 1.82) is 0 Å². The summed E-state index contributed by atoms with van der Waals surface area (Å²) >= 11 is 0. The summed E-state index contributed by atoms with van der Waals surface area (Å²) < 4.78 is 0. The van der Waals surface area contributed by atoms with Gasteiger partial charge in [0, 0.05) is 16.7 Å². The van der Waals surface area contributed by atoms with Gasteiger partial charge in [0.1, 0.15) is 0 Å². The molecule has 3 nitrogen and oxygen atoms in total. The number of hydrogen-bond acceptors (Lipinski definition) is 3. The third-order valence-electron chi connectivity index (χ3n) is 5.96. The van der Waals surface area contributed by atoms with Crippen molar-refractivity contribution in [3.63, 3.8) is 0 Å². The summed E-state index contributed by atoms with van der Waals surface area (Å²) in [5.41, 5.74) is 5.35. The number of fused-ring (bicyclic) bond motifs is 1. The average Bonchev–Trinajstić information content (AvgIpc) is 2.78. The van der Waals surface area contributed by atoms with Gasteiger partial charge in [-0.3, -0.25) is 4.79 Å². The van der Waals surface area contributed by atoms with E-state index < -0.39 is 0 Å². The number of azo groups is 1. The van der Waals surface area contributed by atoms with Crippen LogP contribution in [0.1, 0.15) is 87.7 Å². The van der Waals surface area contributed by atoms with E-state index >= 15 is 0 Å². The zero-order valence-electron chi connectivity index (χ0n) is 20.0. The maximum absolute atomic E-state index is 12.9. The quantitative estimate of drug-likeness (QED) is 0.290. The third kappa shape index (κ3) is 6.35. The monoisotopic (exact) mass is 428 g/mol. The van der Waals surface area contributed by atoms with Crippen molar-refractivity contribution in [3.05, 3.63) is 83.1 Å². The average molecular weight is 429 g/mol. The SMILES string of the molecule is CCCCCCCCc1ccc(N=N/C=C2\C=C(C(C)(C)C)C(=O)c3ccccc32)cc1. The molecule has 0 N–H and O–H groups in total. The molecule has 0 saturated heterocycles. The molecule has 0 atom stereocenters. The molecule has 1 aliphatic rings. The van der Waals surface area contributed by atoms with Crippen molar-refractivity contribution >= 4 is 17.0 Å². The molecule has 0 radical (unpaired) electrons. The molecule has 0 aliphatic heterocycles. The van der Waals surface area contributed by atoms with Crippen LogP contribution in [0.4, 0.5) is 5.69 Å². The normalized spacial score (nSPS) is 15.3. The van der Waals surface area contributed by atoms with E-state index in [-0.39, 0.29) is 11.2 Å². The van der Waals surface area contributed by atoms with E-state index in [9.17, 15) is 4.79 Å². The highest BCUT2D eigenvalue weighted by atomic mass is 16.1. The Morgan fingerprint density at radius 1 is 0.844 bits per heavy atom. The number of rotatable bonds is 9. The molecular formula is C29H36N2O. The van der Waals surface area contributed by atoms with Crippen molar-refractivity contribution in [1.82, 2.24) is 0 Å². The lowest BCUT2D eigenvalue weighted by Crippen LogP contribution is -2.22. The maximum atomic E-state index is 12.9. The number of carbonyl (C=O) groups is 1. The van der Waals surface area contributed by atoms with E-state index in [1.807, 2.05) is 42.5 Å². The molecule has 0 unspecified atom stereocenters. The molecule has 2 aromatic rings. The molecule has 0 fully saturated rings. The van der Waals surface area contributed by atoms with Crippen LogP contribution in [-0.2, 0) is 6.42 Å². The van der Waals surface area contributed by atoms with Gasteiger partial charge in [0.05, 0.1) is 11.9 Å². The summed E-state index contributed by atoms with van der Waals surface area (Å²) in [4.78, 5) is 12.9. The van der Waals surface area contributed by atoms with Crippen LogP contribution in [0.5, 0.6) is 0 Å². The molecule has 0 amide bonds. The summed E-state index contributed by atoms with van der Waals surface area (Å²) in [5, 5.41) is 8.73. The molecule has 32 heavy (non-hydrogen) atoms. The number of ketones is 1. The molecule has 0 bridgehead atoms. The van der Waals surface area contributed by atoms with Crippen molar-refractivity contribution in [2.45, 2.75) is 72.6 Å². The third-order valence-corrected chi connectivity index (χ3v) is 5.96. The van der Waals surface area contributed by atoms with Crippen molar-refractivity contribution in [2.75, 3.05) is 0 Å². The van der Waals surface area contributed by atoms with Gasteiger partial charge in [0.15, 0.2) is 5.78 Å². The van der Waals surface area contributed by atoms with Gasteiger partial charge in [0.25, 0.3) is 0 Å². The maximum Gasteiger partial charge on any atom is 0.190 e. The molecule has 168 valence electrons. The van der Waals surface area contributed by atoms with Crippen molar-refractivity contribution in [2.24, 2.45) is 15.6 Å². The Morgan fingerprint density at radius 2 is 1.50 bits per heavy atom. The molecule has 3 rings (SSSR count). The molecule has 0 aromatic heterocycles. The first-order valence-corrected chi connectivity index (χ1v) is 12.0. The Bertz CT molecular complexity index is 1000. The fraction of sp³-hybridized carbons (Fsp3) is 0.414. The minimum Gasteiger partial charge on any atom is -0.289 e. The van der Waals surface area contributed by atoms with E-state index in [0.717, 1.165) is 34.4 Å². The van der Waals surface area contributed by atoms with Crippen LogP contribution in [0.3, 0.4) is 0 Å². The molecule has 0 saturated carbocycles. The lowest BCUT2D eigenvalue weighted by Gasteiger charge is -2.27. The fourth-order valence-corrected chi connectivity index (χ4v) is 4.04. The van der Waals surface area contributed by atoms with E-state index in [1.54, 1.807) is 6.20 Å². The van der Waals surface area contributed by atoms with Crippen LogP contribution < -0.4 is 0 Å². The molecule has 3 heteroatoms. The molecular weight excluding hydrogens is 392 g/mol. The Hall–Kier alpha value is -2.81. The van der Waals surface area contributed by atoms with Crippen LogP contribution in [-0.4, -0.2) is 5.78 Å². The second-order valence-electron chi connectivity index (χ2n) is 9.67. The first-order valence-electron chi connectivity index (χ1n) is 12.0. The number of nitrogens with zero attached hydrogens (tertiary/aromatic N) is 2. The van der Waals surface area contributed by atoms with Crippen molar-refractivity contribution in [3.8, 4) is 0 Å². The lowest BCUT2D eigenvalue weighted by molar-refractivity contribution is 0.101. The smallest absolute Gasteiger partial charge is 0.190 e. The standard InChI is InChI=1S/C29H36N2O/c1-5-6-7-8-9-10-13-22-16-18-24(19-17-22)31-30-21-23-20-27(29(2,3)4)28(32)26-15-12-11-14-25(23)26/h11-12,14-21H,5-10,13H2,1-4H3/b23-21+,31-30?. The van der Waals surface area contributed by atoms with Gasteiger partial charge in [-0.15, -0.1) is 0 Å². The Morgan fingerprint density at radius 3 is 2.19 bits per heavy atom. The number of allylic oxidation sites excluding steroid dienone is 3. The van der Waals surface area contributed by atoms with E-state index in [4.69, 9.17) is 0 Å². The molecule has 0 heterocycles. The highest BCUT2D eigenvalue weighted by Crippen LogP contribution is 2.37. The van der Waals surface area contributed by atoms with Crippen LogP contribution in [0.2, 0.25) is 0 Å². The fourth-order valence-electron chi connectivity index (χ4n) is 4.04. The van der Waals surface area contributed by atoms with Gasteiger partial charge in [-0.25, -0.2) is 0 Å². The number of carbonyl (C=O) groups excluding carboxylic acids is 1. The first-order chi connectivity index (χ1) is 15.4. The first kappa shape index (κ1) is 23.8. The molecule has 0 spiro atoms. The summed E-state index contributed by atoms with van der Waals surface area (Å²) in [6.45, 7) is 8.45. The highest BCUT2D eigenvalue weighted by molar-refractivity contribution is 6.16. The highest BCUT2D eigenvalue weighted by Gasteiger charge is 2.30. The van der Waals surface area contributed by atoms with Crippen LogP contribution in [0.15, 0.2) is 76.6 Å². The Kier molecular flexibility index (Phi) is 8.33. The predicted octanol–water partition coefficient (Wildman–Crippen LogP) is 8.88. The predicted molar refractivity (Wildman–Crippen MR) is 134 cm³/mol. The number of benzene rings is 2. The van der Waals surface area contributed by atoms with E-state index in [2.05, 4.69) is 50.1 Å². The number of hydrogen-bond donors (Lipinski definition) is 0. The number of Topliss-reactive ketones (excluding diaryl/α,β-unsaturated/α-hetero) is 1. The van der Waals surface area contributed by atoms with Gasteiger partial charge < -0.3 is 0 Å². The summed E-state index contributed by atoms with van der Waals surface area (Å²) in [6.07, 6.45) is 12.8. The van der Waals surface area contributed by atoms with E-state index in [1.165, 1.54) is 44.1 Å². The zero-order chi connectivity index (χ0) is 23.0. The Labute approximate surface area is 193 Å². The second kappa shape index (κ2) is 11.2. The summed E-state index contributed by atoms with van der Waals surface area (Å²) in [6, 6.07) is 16.1. The van der Waals surface area contributed by atoms with Gasteiger partial charge in [-0.1, -0.05) is 96.2 Å². The number of aryl methyl sites for hydroxylation is 1. The van der Waals surface area contributed by atoms with Gasteiger partial charge in [-0.2, -0.15) is 10.2 Å². The topological polar surface area (TPSA) is 41.8 Å². The number of unbranched alkanes of at least 4 members (excludes halogenated alkanes) is 5. The van der Waals surface area contributed by atoms with E-state index in [0.29, 0.717) is 0 Å². The molecule has 2 aromatic carbocycles. The van der Waals surface area contributed by atoms with Crippen LogP contribution >= 0.6 is 0 Å². The zero-order valence-corrected chi connectivity index (χ0v) is 20.0. The Balaban J connectivity index is 1.67. The minimum atomic E-state index is -0.229. The summed E-state index contributed by atoms with van der Waals surface area (Å²) in [5.74, 6) is 0.100. The van der Waals surface area contributed by atoms with Gasteiger partial charge in [0.2, 0.25) is 0 Å². The van der Waals surface area contributed by atoms with Gasteiger partial charge >= 0.3 is 0 Å². The largest absolute Gasteiger partial charge is 0.289 e. The van der Waals surface area contributed by atoms with Crippen LogP contribution in [0, 0.1) is 5.41 Å². The van der Waals surface area contributed by atoms with Gasteiger partial charge in [-0.05, 0) is 47.6 Å². The lowest BCUT2D eigenvalue weighted by atomic mass is 9.76. The molecule has 1 aliphatic carbocycles. The van der Waals surface area contributed by atoms with Crippen molar-refractivity contribution < 1.29 is 4.79 Å².